The molecule has 0 aromatic carbocycles. The Morgan fingerprint density at radius 3 is 2.61 bits per heavy atom. The molecule has 0 bridgehead atoms. The van der Waals surface area contributed by atoms with Crippen LogP contribution < -0.4 is 11.1 Å². The van der Waals surface area contributed by atoms with Crippen LogP contribution in [0.3, 0.4) is 0 Å². The number of hydrogen-bond donors (Lipinski definition) is 2. The summed E-state index contributed by atoms with van der Waals surface area (Å²) >= 11 is 1.71. The van der Waals surface area contributed by atoms with Crippen molar-refractivity contribution in [1.29, 1.82) is 0 Å². The molecule has 0 aliphatic heterocycles. The first-order valence-electron chi connectivity index (χ1n) is 5.35. The molecule has 1 heterocycles. The second-order valence-electron chi connectivity index (χ2n) is 4.24. The number of anilines is 2. The third-order valence-corrected chi connectivity index (χ3v) is 4.28. The SMILES string of the molecule is CSC1(CNc2cc(C(F)(F)F)nc(N)n2)CC1. The third kappa shape index (κ3) is 2.98. The van der Waals surface area contributed by atoms with Crippen LogP contribution in [0, 0.1) is 0 Å². The first kappa shape index (κ1) is 13.3. The van der Waals surface area contributed by atoms with E-state index in [1.165, 1.54) is 0 Å². The van der Waals surface area contributed by atoms with Crippen LogP contribution >= 0.6 is 11.8 Å². The Bertz CT molecular complexity index is 445. The molecule has 4 nitrogen and oxygen atoms in total. The molecule has 0 radical (unpaired) electrons. The summed E-state index contributed by atoms with van der Waals surface area (Å²) in [7, 11) is 0. The average molecular weight is 278 g/mol. The molecule has 8 heteroatoms. The van der Waals surface area contributed by atoms with Gasteiger partial charge in [-0.25, -0.2) is 4.98 Å². The van der Waals surface area contributed by atoms with Gasteiger partial charge in [0.15, 0.2) is 5.69 Å². The van der Waals surface area contributed by atoms with E-state index >= 15 is 0 Å². The van der Waals surface area contributed by atoms with Gasteiger partial charge < -0.3 is 11.1 Å². The summed E-state index contributed by atoms with van der Waals surface area (Å²) in [5.74, 6) is -0.253. The van der Waals surface area contributed by atoms with Crippen LogP contribution in [0.4, 0.5) is 24.9 Å². The maximum Gasteiger partial charge on any atom is 0.433 e. The van der Waals surface area contributed by atoms with Gasteiger partial charge in [0.1, 0.15) is 5.82 Å². The van der Waals surface area contributed by atoms with E-state index in [4.69, 9.17) is 5.73 Å². The zero-order valence-electron chi connectivity index (χ0n) is 9.71. The molecular weight excluding hydrogens is 265 g/mol. The lowest BCUT2D eigenvalue weighted by atomic mass is 10.3. The van der Waals surface area contributed by atoms with Crippen LogP contribution in [-0.4, -0.2) is 27.5 Å². The van der Waals surface area contributed by atoms with E-state index in [1.54, 1.807) is 11.8 Å². The molecule has 1 aromatic heterocycles. The summed E-state index contributed by atoms with van der Waals surface area (Å²) < 4.78 is 37.7. The second-order valence-corrected chi connectivity index (χ2v) is 5.51. The number of nitrogen functional groups attached to an aromatic ring is 1. The summed E-state index contributed by atoms with van der Waals surface area (Å²) in [6, 6.07) is 0.882. The third-order valence-electron chi connectivity index (χ3n) is 2.87. The predicted molar refractivity (Wildman–Crippen MR) is 65.4 cm³/mol. The van der Waals surface area contributed by atoms with Gasteiger partial charge in [-0.05, 0) is 19.1 Å². The zero-order valence-corrected chi connectivity index (χ0v) is 10.5. The van der Waals surface area contributed by atoms with E-state index in [-0.39, 0.29) is 16.5 Å². The molecule has 0 spiro atoms. The van der Waals surface area contributed by atoms with E-state index in [0.29, 0.717) is 6.54 Å². The van der Waals surface area contributed by atoms with Crippen molar-refractivity contribution in [3.05, 3.63) is 11.8 Å². The first-order chi connectivity index (χ1) is 8.35. The number of hydrogen-bond acceptors (Lipinski definition) is 5. The molecule has 18 heavy (non-hydrogen) atoms. The average Bonchev–Trinajstić information content (AvgIpc) is 3.05. The molecule has 0 unspecified atom stereocenters. The summed E-state index contributed by atoms with van der Waals surface area (Å²) in [5.41, 5.74) is 4.25. The van der Waals surface area contributed by atoms with Gasteiger partial charge in [-0.15, -0.1) is 0 Å². The van der Waals surface area contributed by atoms with Crippen molar-refractivity contribution in [2.75, 3.05) is 23.9 Å². The van der Waals surface area contributed by atoms with E-state index in [1.807, 2.05) is 6.26 Å². The number of nitrogens with zero attached hydrogens (tertiary/aromatic N) is 2. The van der Waals surface area contributed by atoms with Gasteiger partial charge in [-0.3, -0.25) is 0 Å². The van der Waals surface area contributed by atoms with Crippen molar-refractivity contribution >= 4 is 23.5 Å². The lowest BCUT2D eigenvalue weighted by Crippen LogP contribution is -2.19. The van der Waals surface area contributed by atoms with E-state index < -0.39 is 11.9 Å². The molecule has 0 amide bonds. The lowest BCUT2D eigenvalue weighted by Gasteiger charge is -2.14. The lowest BCUT2D eigenvalue weighted by molar-refractivity contribution is -0.141. The molecular formula is C10H13F3N4S. The van der Waals surface area contributed by atoms with Crippen molar-refractivity contribution in [3.8, 4) is 0 Å². The fraction of sp³-hybridized carbons (Fsp3) is 0.600. The molecule has 1 aromatic rings. The fourth-order valence-electron chi connectivity index (χ4n) is 1.55. The van der Waals surface area contributed by atoms with Gasteiger partial charge in [-0.2, -0.15) is 29.9 Å². The minimum atomic E-state index is -4.51. The van der Waals surface area contributed by atoms with Crippen LogP contribution in [0.1, 0.15) is 18.5 Å². The molecule has 1 saturated carbocycles. The minimum Gasteiger partial charge on any atom is -0.368 e. The standard InChI is InChI=1S/C10H13F3N4S/c1-18-9(2-3-9)5-15-7-4-6(10(11,12)13)16-8(14)17-7/h4H,2-3,5H2,1H3,(H3,14,15,16,17). The van der Waals surface area contributed by atoms with Crippen LogP contribution in [-0.2, 0) is 6.18 Å². The normalized spacial score (nSPS) is 17.6. The van der Waals surface area contributed by atoms with Crippen molar-refractivity contribution < 1.29 is 13.2 Å². The summed E-state index contributed by atoms with van der Waals surface area (Å²) in [6.07, 6.45) is -0.393. The molecule has 0 saturated heterocycles. The Labute approximate surface area is 107 Å². The van der Waals surface area contributed by atoms with E-state index in [2.05, 4.69) is 15.3 Å². The highest BCUT2D eigenvalue weighted by Gasteiger charge is 2.41. The molecule has 1 aliphatic carbocycles. The number of aromatic nitrogens is 2. The number of nitrogens with two attached hydrogens (primary N) is 1. The van der Waals surface area contributed by atoms with Gasteiger partial charge in [0, 0.05) is 17.4 Å². The maximum absolute atomic E-state index is 12.5. The van der Waals surface area contributed by atoms with Crippen molar-refractivity contribution in [1.82, 2.24) is 9.97 Å². The monoisotopic (exact) mass is 278 g/mol. The Morgan fingerprint density at radius 1 is 1.44 bits per heavy atom. The topological polar surface area (TPSA) is 63.8 Å². The highest BCUT2D eigenvalue weighted by molar-refractivity contribution is 8.00. The molecule has 0 atom stereocenters. The van der Waals surface area contributed by atoms with Gasteiger partial charge in [0.25, 0.3) is 0 Å². The number of rotatable bonds is 4. The molecule has 1 fully saturated rings. The van der Waals surface area contributed by atoms with Crippen LogP contribution in [0.15, 0.2) is 6.07 Å². The van der Waals surface area contributed by atoms with Gasteiger partial charge in [0.05, 0.1) is 0 Å². The summed E-state index contributed by atoms with van der Waals surface area (Å²) in [5, 5.41) is 2.90. The maximum atomic E-state index is 12.5. The Hall–Kier alpha value is -1.18. The van der Waals surface area contributed by atoms with Gasteiger partial charge in [-0.1, -0.05) is 0 Å². The van der Waals surface area contributed by atoms with Gasteiger partial charge >= 0.3 is 6.18 Å². The zero-order chi connectivity index (χ0) is 13.4. The number of alkyl halides is 3. The van der Waals surface area contributed by atoms with E-state index in [0.717, 1.165) is 18.9 Å². The van der Waals surface area contributed by atoms with Crippen molar-refractivity contribution in [2.45, 2.75) is 23.8 Å². The predicted octanol–water partition coefficient (Wildman–Crippen LogP) is 2.39. The van der Waals surface area contributed by atoms with Crippen LogP contribution in [0.25, 0.3) is 0 Å². The Kier molecular flexibility index (Phi) is 3.31. The molecule has 2 rings (SSSR count). The number of thioether (sulfide) groups is 1. The molecule has 1 aliphatic rings. The summed E-state index contributed by atoms with van der Waals surface area (Å²) in [4.78, 5) is 6.94. The highest BCUT2D eigenvalue weighted by atomic mass is 32.2. The summed E-state index contributed by atoms with van der Waals surface area (Å²) in [6.45, 7) is 0.585. The number of nitrogens with one attached hydrogen (secondary N) is 1. The van der Waals surface area contributed by atoms with Crippen LogP contribution in [0.5, 0.6) is 0 Å². The fourth-order valence-corrected chi connectivity index (χ4v) is 2.27. The van der Waals surface area contributed by atoms with E-state index in [9.17, 15) is 13.2 Å². The van der Waals surface area contributed by atoms with Gasteiger partial charge in [0.2, 0.25) is 5.95 Å². The quantitative estimate of drug-likeness (QED) is 0.885. The van der Waals surface area contributed by atoms with Crippen molar-refractivity contribution in [3.63, 3.8) is 0 Å². The smallest absolute Gasteiger partial charge is 0.368 e. The Balaban J connectivity index is 2.11. The largest absolute Gasteiger partial charge is 0.433 e. The second kappa shape index (κ2) is 4.49. The Morgan fingerprint density at radius 2 is 2.11 bits per heavy atom. The number of halogens is 3. The minimum absolute atomic E-state index is 0.121. The van der Waals surface area contributed by atoms with Crippen molar-refractivity contribution in [2.24, 2.45) is 0 Å². The van der Waals surface area contributed by atoms with Crippen LogP contribution in [0.2, 0.25) is 0 Å². The first-order valence-corrected chi connectivity index (χ1v) is 6.58. The molecule has 100 valence electrons. The molecule has 3 N–H and O–H groups in total. The highest BCUT2D eigenvalue weighted by Crippen LogP contribution is 2.47.